The summed E-state index contributed by atoms with van der Waals surface area (Å²) in [5.74, 6) is -0.502. The normalized spacial score (nSPS) is 11.3. The maximum absolute atomic E-state index is 14.4. The van der Waals surface area contributed by atoms with Gasteiger partial charge in [0, 0.05) is 25.0 Å². The molecule has 0 radical (unpaired) electrons. The Morgan fingerprint density at radius 3 is 2.88 bits per heavy atom. The summed E-state index contributed by atoms with van der Waals surface area (Å²) in [5, 5.41) is 4.29. The number of ketones is 1. The first-order chi connectivity index (χ1) is 12.0. The van der Waals surface area contributed by atoms with Gasteiger partial charge in [0.05, 0.1) is 17.6 Å². The molecule has 3 aromatic rings. The van der Waals surface area contributed by atoms with Crippen molar-refractivity contribution in [3.8, 4) is 0 Å². The van der Waals surface area contributed by atoms with Crippen molar-refractivity contribution in [1.82, 2.24) is 14.6 Å². The molecule has 2 heterocycles. The predicted octanol–water partition coefficient (Wildman–Crippen LogP) is 4.03. The van der Waals surface area contributed by atoms with Crippen molar-refractivity contribution in [2.45, 2.75) is 20.3 Å². The minimum atomic E-state index is -0.367. The lowest BCUT2D eigenvalue weighted by molar-refractivity contribution is 0.101. The summed E-state index contributed by atoms with van der Waals surface area (Å²) in [6.07, 6.45) is 5.65. The zero-order chi connectivity index (χ0) is 18.0. The van der Waals surface area contributed by atoms with E-state index in [0.29, 0.717) is 34.7 Å². The molecule has 0 aliphatic carbocycles. The van der Waals surface area contributed by atoms with Gasteiger partial charge in [0.1, 0.15) is 11.5 Å². The van der Waals surface area contributed by atoms with Gasteiger partial charge in [0.25, 0.3) is 0 Å². The van der Waals surface area contributed by atoms with E-state index in [1.165, 1.54) is 13.0 Å². The number of carbonyl (C=O) groups excluding carboxylic acids is 1. The summed E-state index contributed by atoms with van der Waals surface area (Å²) in [7, 11) is 0. The summed E-state index contributed by atoms with van der Waals surface area (Å²) >= 11 is 0. The molecule has 0 unspecified atom stereocenters. The number of allylic oxidation sites excluding steroid dienone is 1. The number of imidazole rings is 1. The predicted molar refractivity (Wildman–Crippen MR) is 96.1 cm³/mol. The molecule has 1 aromatic carbocycles. The number of carbonyl (C=O) groups is 1. The van der Waals surface area contributed by atoms with Gasteiger partial charge in [-0.3, -0.25) is 9.79 Å². The van der Waals surface area contributed by atoms with Crippen LogP contribution in [0.2, 0.25) is 0 Å². The highest BCUT2D eigenvalue weighted by molar-refractivity contribution is 5.92. The van der Waals surface area contributed by atoms with Crippen LogP contribution >= 0.6 is 0 Å². The lowest BCUT2D eigenvalue weighted by Gasteiger charge is -2.08. The molecule has 0 bridgehead atoms. The Labute approximate surface area is 144 Å². The van der Waals surface area contributed by atoms with Crippen molar-refractivity contribution < 1.29 is 9.18 Å². The molecule has 0 amide bonds. The summed E-state index contributed by atoms with van der Waals surface area (Å²) in [6, 6.07) is 6.46. The number of aliphatic imine (C=N–C) groups is 1. The van der Waals surface area contributed by atoms with Gasteiger partial charge in [-0.05, 0) is 37.4 Å². The molecule has 0 spiro atoms. The SMILES string of the molecule is C=Nc1cc(F)c(Cc2cnc3ccc(C(C)=O)nn23)cc1/C=C\C. The second-order valence-electron chi connectivity index (χ2n) is 5.63. The van der Waals surface area contributed by atoms with Crippen LogP contribution in [0.3, 0.4) is 0 Å². The highest BCUT2D eigenvalue weighted by Crippen LogP contribution is 2.26. The van der Waals surface area contributed by atoms with Crippen LogP contribution in [0.25, 0.3) is 11.7 Å². The quantitative estimate of drug-likeness (QED) is 0.522. The topological polar surface area (TPSA) is 59.6 Å². The van der Waals surface area contributed by atoms with Crippen LogP contribution in [0.1, 0.15) is 41.2 Å². The Hall–Kier alpha value is -3.15. The van der Waals surface area contributed by atoms with Crippen molar-refractivity contribution in [1.29, 1.82) is 0 Å². The molecule has 6 heteroatoms. The molecule has 0 N–H and O–H groups in total. The van der Waals surface area contributed by atoms with Gasteiger partial charge in [-0.15, -0.1) is 0 Å². The largest absolute Gasteiger partial charge is 0.293 e. The smallest absolute Gasteiger partial charge is 0.179 e. The fraction of sp³-hybridized carbons (Fsp3) is 0.158. The molecular weight excluding hydrogens is 319 g/mol. The Morgan fingerprint density at radius 2 is 2.20 bits per heavy atom. The molecule has 3 rings (SSSR count). The van der Waals surface area contributed by atoms with Gasteiger partial charge in [0.15, 0.2) is 11.4 Å². The zero-order valence-electron chi connectivity index (χ0n) is 14.0. The van der Waals surface area contributed by atoms with Crippen molar-refractivity contribution in [3.63, 3.8) is 0 Å². The van der Waals surface area contributed by atoms with Crippen LogP contribution in [0.5, 0.6) is 0 Å². The first-order valence-corrected chi connectivity index (χ1v) is 7.80. The molecule has 25 heavy (non-hydrogen) atoms. The lowest BCUT2D eigenvalue weighted by Crippen LogP contribution is -2.05. The summed E-state index contributed by atoms with van der Waals surface area (Å²) in [6.45, 7) is 6.82. The first kappa shape index (κ1) is 16.7. The van der Waals surface area contributed by atoms with Gasteiger partial charge in [-0.25, -0.2) is 13.9 Å². The monoisotopic (exact) mass is 336 g/mol. The average molecular weight is 336 g/mol. The maximum Gasteiger partial charge on any atom is 0.179 e. The Bertz CT molecular complexity index is 1000. The zero-order valence-corrected chi connectivity index (χ0v) is 14.0. The Balaban J connectivity index is 2.06. The van der Waals surface area contributed by atoms with E-state index in [2.05, 4.69) is 21.8 Å². The van der Waals surface area contributed by atoms with Gasteiger partial charge < -0.3 is 0 Å². The number of hydrogen-bond donors (Lipinski definition) is 0. The Kier molecular flexibility index (Phi) is 4.52. The number of Topliss-reactive ketones (excluding diaryl/α,β-unsaturated/α-hetero) is 1. The fourth-order valence-electron chi connectivity index (χ4n) is 2.64. The van der Waals surface area contributed by atoms with Crippen LogP contribution in [0.15, 0.2) is 41.5 Å². The molecule has 5 nitrogen and oxygen atoms in total. The van der Waals surface area contributed by atoms with E-state index in [4.69, 9.17) is 0 Å². The third-order valence-electron chi connectivity index (χ3n) is 3.88. The van der Waals surface area contributed by atoms with Gasteiger partial charge in [-0.1, -0.05) is 12.2 Å². The maximum atomic E-state index is 14.4. The van der Waals surface area contributed by atoms with Crippen LogP contribution in [0.4, 0.5) is 10.1 Å². The third-order valence-corrected chi connectivity index (χ3v) is 3.88. The highest BCUT2D eigenvalue weighted by Gasteiger charge is 2.13. The number of hydrogen-bond acceptors (Lipinski definition) is 4. The molecule has 2 aromatic heterocycles. The first-order valence-electron chi connectivity index (χ1n) is 7.80. The number of rotatable bonds is 5. The van der Waals surface area contributed by atoms with E-state index in [1.54, 1.807) is 28.9 Å². The standard InChI is InChI=1S/C19H17FN4O/c1-4-5-13-8-14(16(20)10-18(13)21-3)9-15-11-22-19-7-6-17(12(2)25)23-24(15)19/h4-8,10-11H,3,9H2,1-2H3/b5-4-. The van der Waals surface area contributed by atoms with E-state index in [0.717, 1.165) is 5.56 Å². The minimum absolute atomic E-state index is 0.135. The van der Waals surface area contributed by atoms with Gasteiger partial charge >= 0.3 is 0 Å². The second-order valence-corrected chi connectivity index (χ2v) is 5.63. The van der Waals surface area contributed by atoms with Crippen LogP contribution in [0, 0.1) is 5.82 Å². The molecular formula is C19H17FN4O. The number of nitrogens with zero attached hydrogens (tertiary/aromatic N) is 4. The average Bonchev–Trinajstić information content (AvgIpc) is 3.00. The van der Waals surface area contributed by atoms with Crippen molar-refractivity contribution in [3.05, 3.63) is 64.9 Å². The van der Waals surface area contributed by atoms with Crippen molar-refractivity contribution >= 4 is 29.9 Å². The fourth-order valence-corrected chi connectivity index (χ4v) is 2.64. The third kappa shape index (κ3) is 3.24. The number of benzene rings is 1. The van der Waals surface area contributed by atoms with Crippen molar-refractivity contribution in [2.75, 3.05) is 0 Å². The lowest BCUT2D eigenvalue weighted by atomic mass is 10.0. The van der Waals surface area contributed by atoms with E-state index in [1.807, 2.05) is 19.1 Å². The molecule has 0 aliphatic heterocycles. The molecule has 0 saturated carbocycles. The highest BCUT2D eigenvalue weighted by atomic mass is 19.1. The van der Waals surface area contributed by atoms with E-state index < -0.39 is 0 Å². The molecule has 126 valence electrons. The molecule has 0 atom stereocenters. The van der Waals surface area contributed by atoms with E-state index >= 15 is 0 Å². The Morgan fingerprint density at radius 1 is 1.40 bits per heavy atom. The number of fused-ring (bicyclic) bond motifs is 1. The van der Waals surface area contributed by atoms with E-state index in [-0.39, 0.29) is 11.6 Å². The summed E-state index contributed by atoms with van der Waals surface area (Å²) in [5.41, 5.74) is 3.43. The summed E-state index contributed by atoms with van der Waals surface area (Å²) in [4.78, 5) is 19.7. The second kappa shape index (κ2) is 6.76. The van der Waals surface area contributed by atoms with Gasteiger partial charge in [0.2, 0.25) is 0 Å². The minimum Gasteiger partial charge on any atom is -0.293 e. The van der Waals surface area contributed by atoms with Crippen molar-refractivity contribution in [2.24, 2.45) is 4.99 Å². The number of aromatic nitrogens is 3. The molecule has 0 aliphatic rings. The molecule has 0 saturated heterocycles. The van der Waals surface area contributed by atoms with Crippen LogP contribution < -0.4 is 0 Å². The van der Waals surface area contributed by atoms with Crippen LogP contribution in [-0.2, 0) is 6.42 Å². The molecule has 0 fully saturated rings. The van der Waals surface area contributed by atoms with Gasteiger partial charge in [-0.2, -0.15) is 5.10 Å². The van der Waals surface area contributed by atoms with Crippen LogP contribution in [-0.4, -0.2) is 27.1 Å². The summed E-state index contributed by atoms with van der Waals surface area (Å²) < 4.78 is 16.0. The number of halogens is 1. The van der Waals surface area contributed by atoms with E-state index in [9.17, 15) is 9.18 Å².